The number of hydrogen-bond acceptors (Lipinski definition) is 6. The number of aryl methyl sites for hydroxylation is 2. The second-order valence-corrected chi connectivity index (χ2v) is 8.19. The van der Waals surface area contributed by atoms with Crippen molar-refractivity contribution in [1.82, 2.24) is 20.0 Å². The first-order valence-corrected chi connectivity index (χ1v) is 10.8. The number of amides is 1. The lowest BCUT2D eigenvalue weighted by Crippen LogP contribution is -2.38. The summed E-state index contributed by atoms with van der Waals surface area (Å²) in [6.45, 7) is 5.14. The van der Waals surface area contributed by atoms with Crippen LogP contribution < -0.4 is 0 Å². The molecule has 1 fully saturated rings. The third kappa shape index (κ3) is 3.93. The molecule has 7 heteroatoms. The molecule has 0 bridgehead atoms. The highest BCUT2D eigenvalue weighted by Gasteiger charge is 2.29. The van der Waals surface area contributed by atoms with Crippen molar-refractivity contribution in [3.63, 3.8) is 0 Å². The number of benzene rings is 2. The molecule has 7 nitrogen and oxygen atoms in total. The first-order chi connectivity index (χ1) is 15.6. The summed E-state index contributed by atoms with van der Waals surface area (Å²) in [5.41, 5.74) is 3.43. The van der Waals surface area contributed by atoms with E-state index in [9.17, 15) is 4.79 Å². The Morgan fingerprint density at radius 1 is 1.03 bits per heavy atom. The molecule has 2 aromatic carbocycles. The average molecular weight is 428 g/mol. The molecule has 0 atom stereocenters. The Balaban J connectivity index is 1.35. The van der Waals surface area contributed by atoms with Crippen LogP contribution in [0.5, 0.6) is 0 Å². The first-order valence-electron chi connectivity index (χ1n) is 10.8. The van der Waals surface area contributed by atoms with Crippen LogP contribution in [0.1, 0.15) is 46.4 Å². The summed E-state index contributed by atoms with van der Waals surface area (Å²) in [6.07, 6.45) is 3.30. The number of piperidine rings is 1. The first kappa shape index (κ1) is 20.2. The molecule has 3 heterocycles. The molecule has 0 N–H and O–H groups in total. The van der Waals surface area contributed by atoms with Gasteiger partial charge in [-0.15, -0.1) is 0 Å². The second-order valence-electron chi connectivity index (χ2n) is 8.19. The molecular weight excluding hydrogens is 404 g/mol. The van der Waals surface area contributed by atoms with Crippen LogP contribution in [0.3, 0.4) is 0 Å². The van der Waals surface area contributed by atoms with Gasteiger partial charge in [0.15, 0.2) is 11.6 Å². The molecule has 1 aliphatic rings. The highest BCUT2D eigenvalue weighted by atomic mass is 16.5. The van der Waals surface area contributed by atoms with Crippen LogP contribution >= 0.6 is 0 Å². The van der Waals surface area contributed by atoms with E-state index in [-0.39, 0.29) is 11.8 Å². The van der Waals surface area contributed by atoms with Crippen molar-refractivity contribution in [2.75, 3.05) is 13.1 Å². The molecule has 0 aliphatic carbocycles. The van der Waals surface area contributed by atoms with E-state index in [0.717, 1.165) is 18.4 Å². The Labute approximate surface area is 186 Å². The third-order valence-corrected chi connectivity index (χ3v) is 5.90. The van der Waals surface area contributed by atoms with Crippen molar-refractivity contribution in [1.29, 1.82) is 0 Å². The van der Waals surface area contributed by atoms with E-state index >= 15 is 0 Å². The molecule has 0 unspecified atom stereocenters. The van der Waals surface area contributed by atoms with Crippen LogP contribution in [0.4, 0.5) is 0 Å². The molecule has 1 amide bonds. The van der Waals surface area contributed by atoms with Crippen molar-refractivity contribution >= 4 is 5.91 Å². The van der Waals surface area contributed by atoms with Gasteiger partial charge in [0.25, 0.3) is 5.91 Å². The molecule has 162 valence electrons. The lowest BCUT2D eigenvalue weighted by molar-refractivity contribution is 0.0705. The van der Waals surface area contributed by atoms with E-state index in [0.29, 0.717) is 47.6 Å². The largest absolute Gasteiger partial charge is 0.436 e. The van der Waals surface area contributed by atoms with E-state index in [1.165, 1.54) is 5.56 Å². The molecule has 0 spiro atoms. The summed E-state index contributed by atoms with van der Waals surface area (Å²) >= 11 is 0. The minimum absolute atomic E-state index is 0.0177. The van der Waals surface area contributed by atoms with E-state index in [2.05, 4.69) is 15.1 Å². The predicted molar refractivity (Wildman–Crippen MR) is 119 cm³/mol. The fraction of sp³-hybridized carbons (Fsp3) is 0.280. The van der Waals surface area contributed by atoms with Gasteiger partial charge >= 0.3 is 0 Å². The molecule has 5 rings (SSSR count). The van der Waals surface area contributed by atoms with Gasteiger partial charge in [-0.1, -0.05) is 47.1 Å². The van der Waals surface area contributed by atoms with Crippen molar-refractivity contribution in [3.05, 3.63) is 77.6 Å². The molecule has 0 saturated carbocycles. The van der Waals surface area contributed by atoms with Crippen molar-refractivity contribution in [2.45, 2.75) is 32.6 Å². The fourth-order valence-corrected chi connectivity index (χ4v) is 4.08. The highest BCUT2D eigenvalue weighted by molar-refractivity contribution is 6.00. The molecular formula is C25H24N4O3. The summed E-state index contributed by atoms with van der Waals surface area (Å²) in [5.74, 6) is 2.61. The molecule has 1 aliphatic heterocycles. The van der Waals surface area contributed by atoms with Gasteiger partial charge in [-0.05, 0) is 38.8 Å². The van der Waals surface area contributed by atoms with Gasteiger partial charge in [0.05, 0.1) is 11.8 Å². The third-order valence-electron chi connectivity index (χ3n) is 5.90. The van der Waals surface area contributed by atoms with Gasteiger partial charge < -0.3 is 13.8 Å². The summed E-state index contributed by atoms with van der Waals surface area (Å²) < 4.78 is 11.4. The average Bonchev–Trinajstić information content (AvgIpc) is 3.49. The van der Waals surface area contributed by atoms with E-state index in [1.54, 1.807) is 6.20 Å². The van der Waals surface area contributed by atoms with Gasteiger partial charge in [0.2, 0.25) is 11.8 Å². The number of hydrogen-bond donors (Lipinski definition) is 0. The zero-order valence-electron chi connectivity index (χ0n) is 18.1. The predicted octanol–water partition coefficient (Wildman–Crippen LogP) is 5.03. The van der Waals surface area contributed by atoms with Gasteiger partial charge in [-0.25, -0.2) is 4.98 Å². The lowest BCUT2D eigenvalue weighted by atomic mass is 9.95. The number of carbonyl (C=O) groups excluding carboxylic acids is 1. The van der Waals surface area contributed by atoms with Gasteiger partial charge in [0, 0.05) is 30.1 Å². The maximum Gasteiger partial charge on any atom is 0.254 e. The Morgan fingerprint density at radius 2 is 1.78 bits per heavy atom. The smallest absolute Gasteiger partial charge is 0.254 e. The van der Waals surface area contributed by atoms with Crippen LogP contribution in [0.25, 0.3) is 22.8 Å². The molecule has 4 aromatic rings. The molecule has 32 heavy (non-hydrogen) atoms. The minimum atomic E-state index is -0.0177. The van der Waals surface area contributed by atoms with Gasteiger partial charge in [0.1, 0.15) is 0 Å². The number of likely N-dealkylation sites (tertiary alicyclic amines) is 1. The zero-order valence-corrected chi connectivity index (χ0v) is 18.1. The van der Waals surface area contributed by atoms with Crippen LogP contribution in [-0.2, 0) is 0 Å². The SMILES string of the molecule is Cc1ccc(-c2cnc(-c3ccccc3C(=O)N3CCC(c4nc(C)no4)CC3)o2)cc1. The number of nitrogens with zero attached hydrogens (tertiary/aromatic N) is 4. The number of aromatic nitrogens is 3. The number of carbonyl (C=O) groups is 1. The Bertz CT molecular complexity index is 1230. The van der Waals surface area contributed by atoms with Crippen LogP contribution in [0.2, 0.25) is 0 Å². The minimum Gasteiger partial charge on any atom is -0.436 e. The maximum atomic E-state index is 13.4. The van der Waals surface area contributed by atoms with Crippen molar-refractivity contribution in [2.24, 2.45) is 0 Å². The van der Waals surface area contributed by atoms with Gasteiger partial charge in [-0.3, -0.25) is 4.79 Å². The Kier molecular flexibility index (Phi) is 5.31. The number of rotatable bonds is 4. The zero-order chi connectivity index (χ0) is 22.1. The quantitative estimate of drug-likeness (QED) is 0.453. The fourth-order valence-electron chi connectivity index (χ4n) is 4.08. The summed E-state index contributed by atoms with van der Waals surface area (Å²) in [4.78, 5) is 24.0. The molecule has 1 saturated heterocycles. The normalized spacial score (nSPS) is 14.6. The van der Waals surface area contributed by atoms with Crippen LogP contribution in [-0.4, -0.2) is 39.0 Å². The van der Waals surface area contributed by atoms with E-state index < -0.39 is 0 Å². The molecule has 2 aromatic heterocycles. The van der Waals surface area contributed by atoms with Crippen molar-refractivity contribution < 1.29 is 13.7 Å². The molecule has 0 radical (unpaired) electrons. The lowest BCUT2D eigenvalue weighted by Gasteiger charge is -2.30. The Hall–Kier alpha value is -3.74. The van der Waals surface area contributed by atoms with Crippen LogP contribution in [0.15, 0.2) is 63.7 Å². The number of oxazole rings is 1. The maximum absolute atomic E-state index is 13.4. The van der Waals surface area contributed by atoms with Crippen LogP contribution in [0, 0.1) is 13.8 Å². The highest BCUT2D eigenvalue weighted by Crippen LogP contribution is 2.31. The Morgan fingerprint density at radius 3 is 2.50 bits per heavy atom. The topological polar surface area (TPSA) is 85.3 Å². The standard InChI is InChI=1S/C25H24N4O3/c1-16-7-9-18(10-8-16)22-15-26-24(31-22)20-5-3-4-6-21(20)25(30)29-13-11-19(12-14-29)23-27-17(2)28-32-23/h3-10,15,19H,11-14H2,1-2H3. The van der Waals surface area contributed by atoms with Gasteiger partial charge in [-0.2, -0.15) is 4.98 Å². The van der Waals surface area contributed by atoms with E-state index in [4.69, 9.17) is 8.94 Å². The summed E-state index contributed by atoms with van der Waals surface area (Å²) in [5, 5.41) is 3.88. The second kappa shape index (κ2) is 8.42. The van der Waals surface area contributed by atoms with E-state index in [1.807, 2.05) is 67.3 Å². The monoisotopic (exact) mass is 428 g/mol. The summed E-state index contributed by atoms with van der Waals surface area (Å²) in [6, 6.07) is 15.6. The van der Waals surface area contributed by atoms with Crippen molar-refractivity contribution in [3.8, 4) is 22.8 Å². The summed E-state index contributed by atoms with van der Waals surface area (Å²) in [7, 11) is 0.